The Bertz CT molecular complexity index is 1420. The summed E-state index contributed by atoms with van der Waals surface area (Å²) in [6, 6.07) is 17.5. The highest BCUT2D eigenvalue weighted by atomic mass is 32.1. The van der Waals surface area contributed by atoms with Gasteiger partial charge in [0.05, 0.1) is 11.8 Å². The first-order valence-electron chi connectivity index (χ1n) is 9.45. The molecular weight excluding hydrogens is 398 g/mol. The van der Waals surface area contributed by atoms with E-state index in [-0.39, 0.29) is 24.6 Å². The molecule has 5 rings (SSSR count). The van der Waals surface area contributed by atoms with Crippen molar-refractivity contribution < 1.29 is 9.53 Å². The fraction of sp³-hybridized carbons (Fsp3) is 0.0870. The molecule has 0 fully saturated rings. The van der Waals surface area contributed by atoms with E-state index in [9.17, 15) is 9.59 Å². The van der Waals surface area contributed by atoms with Gasteiger partial charge in [-0.2, -0.15) is 0 Å². The van der Waals surface area contributed by atoms with Crippen molar-refractivity contribution in [3.05, 3.63) is 87.9 Å². The lowest BCUT2D eigenvalue weighted by molar-refractivity contribution is -0.144. The number of hydrogen-bond donors (Lipinski definition) is 2. The fourth-order valence-electron chi connectivity index (χ4n) is 3.53. The number of aromatic amines is 2. The van der Waals surface area contributed by atoms with Crippen LogP contribution in [0.4, 0.5) is 0 Å². The molecule has 148 valence electrons. The maximum atomic E-state index is 12.7. The molecule has 0 saturated heterocycles. The number of nitrogens with one attached hydrogen (secondary N) is 2. The Labute approximate surface area is 175 Å². The minimum atomic E-state index is -0.376. The van der Waals surface area contributed by atoms with Gasteiger partial charge in [0.2, 0.25) is 0 Å². The van der Waals surface area contributed by atoms with Crippen LogP contribution < -0.4 is 5.56 Å². The first-order chi connectivity index (χ1) is 14.7. The lowest BCUT2D eigenvalue weighted by Crippen LogP contribution is -2.15. The number of carbonyl (C=O) groups is 1. The molecule has 0 aliphatic rings. The lowest BCUT2D eigenvalue weighted by atomic mass is 10.1. The number of thiophene rings is 1. The third-order valence-corrected chi connectivity index (χ3v) is 5.83. The van der Waals surface area contributed by atoms with Crippen molar-refractivity contribution in [2.45, 2.75) is 13.0 Å². The summed E-state index contributed by atoms with van der Waals surface area (Å²) >= 11 is 1.40. The highest BCUT2D eigenvalue weighted by Crippen LogP contribution is 2.30. The van der Waals surface area contributed by atoms with Gasteiger partial charge in [0.15, 0.2) is 0 Å². The van der Waals surface area contributed by atoms with Gasteiger partial charge in [-0.05, 0) is 17.2 Å². The van der Waals surface area contributed by atoms with Crippen molar-refractivity contribution in [3.63, 3.8) is 0 Å². The predicted octanol–water partition coefficient (Wildman–Crippen LogP) is 4.42. The predicted molar refractivity (Wildman–Crippen MR) is 117 cm³/mol. The molecule has 2 N–H and O–H groups in total. The second-order valence-corrected chi connectivity index (χ2v) is 7.76. The second kappa shape index (κ2) is 7.61. The number of H-pyrrole nitrogens is 2. The van der Waals surface area contributed by atoms with E-state index in [1.807, 2.05) is 66.2 Å². The normalized spacial score (nSPS) is 11.2. The van der Waals surface area contributed by atoms with Crippen molar-refractivity contribution in [2.24, 2.45) is 0 Å². The number of ether oxygens (including phenoxy) is 1. The van der Waals surface area contributed by atoms with Crippen LogP contribution in [0.5, 0.6) is 0 Å². The molecule has 0 aliphatic carbocycles. The zero-order valence-corrected chi connectivity index (χ0v) is 16.7. The summed E-state index contributed by atoms with van der Waals surface area (Å²) in [5.74, 6) is -0.0418. The van der Waals surface area contributed by atoms with Crippen LogP contribution in [0.25, 0.3) is 32.2 Å². The van der Waals surface area contributed by atoms with E-state index >= 15 is 0 Å². The molecule has 0 unspecified atom stereocenters. The van der Waals surface area contributed by atoms with E-state index in [0.29, 0.717) is 16.0 Å². The Kier molecular flexibility index (Phi) is 4.65. The minimum Gasteiger partial charge on any atom is -0.457 e. The van der Waals surface area contributed by atoms with Gasteiger partial charge in [-0.3, -0.25) is 9.59 Å². The molecule has 0 amide bonds. The van der Waals surface area contributed by atoms with E-state index in [1.165, 1.54) is 11.3 Å². The number of benzene rings is 2. The maximum Gasteiger partial charge on any atom is 0.310 e. The van der Waals surface area contributed by atoms with Crippen LogP contribution in [0.3, 0.4) is 0 Å². The second-order valence-electron chi connectivity index (χ2n) is 6.91. The molecule has 6 nitrogen and oxygen atoms in total. The average molecular weight is 415 g/mol. The summed E-state index contributed by atoms with van der Waals surface area (Å²) < 4.78 is 5.36. The molecule has 0 radical (unpaired) electrons. The lowest BCUT2D eigenvalue weighted by Gasteiger charge is -2.05. The topological polar surface area (TPSA) is 87.8 Å². The molecule has 0 bridgehead atoms. The number of hydrogen-bond acceptors (Lipinski definition) is 5. The van der Waals surface area contributed by atoms with Gasteiger partial charge in [-0.15, -0.1) is 11.3 Å². The minimum absolute atomic E-state index is 0.0784. The molecule has 3 aromatic heterocycles. The summed E-state index contributed by atoms with van der Waals surface area (Å²) in [5.41, 5.74) is 3.44. The van der Waals surface area contributed by atoms with E-state index < -0.39 is 0 Å². The summed E-state index contributed by atoms with van der Waals surface area (Å²) in [6.45, 7) is -0.0784. The first-order valence-corrected chi connectivity index (χ1v) is 10.3. The number of esters is 1. The van der Waals surface area contributed by atoms with E-state index in [4.69, 9.17) is 4.74 Å². The van der Waals surface area contributed by atoms with Crippen LogP contribution in [0.15, 0.2) is 71.0 Å². The SMILES string of the molecule is O=C(Cc1c[nH]c2ccccc12)OCc1nc2scc(-c3ccccc3)c2c(=O)[nH]1. The van der Waals surface area contributed by atoms with Gasteiger partial charge in [0, 0.05) is 28.0 Å². The van der Waals surface area contributed by atoms with Gasteiger partial charge >= 0.3 is 5.97 Å². The van der Waals surface area contributed by atoms with Crippen LogP contribution in [0.1, 0.15) is 11.4 Å². The summed E-state index contributed by atoms with van der Waals surface area (Å²) in [5, 5.41) is 3.48. The summed E-state index contributed by atoms with van der Waals surface area (Å²) in [6.07, 6.45) is 1.96. The van der Waals surface area contributed by atoms with E-state index in [0.717, 1.165) is 27.6 Å². The molecule has 2 aromatic carbocycles. The van der Waals surface area contributed by atoms with Gasteiger partial charge in [-0.1, -0.05) is 48.5 Å². The van der Waals surface area contributed by atoms with Crippen LogP contribution in [-0.2, 0) is 22.6 Å². The van der Waals surface area contributed by atoms with Crippen LogP contribution >= 0.6 is 11.3 Å². The molecule has 0 aliphatic heterocycles. The molecule has 0 atom stereocenters. The third-order valence-electron chi connectivity index (χ3n) is 4.96. The molecule has 0 saturated carbocycles. The van der Waals surface area contributed by atoms with Crippen molar-refractivity contribution >= 4 is 38.4 Å². The Morgan fingerprint density at radius 3 is 2.73 bits per heavy atom. The quantitative estimate of drug-likeness (QED) is 0.416. The molecule has 30 heavy (non-hydrogen) atoms. The van der Waals surface area contributed by atoms with Crippen LogP contribution in [0, 0.1) is 0 Å². The Morgan fingerprint density at radius 1 is 1.07 bits per heavy atom. The fourth-order valence-corrected chi connectivity index (χ4v) is 4.49. The van der Waals surface area contributed by atoms with Crippen molar-refractivity contribution in [3.8, 4) is 11.1 Å². The summed E-state index contributed by atoms with van der Waals surface area (Å²) in [7, 11) is 0. The third kappa shape index (κ3) is 3.40. The number of carbonyl (C=O) groups excluding carboxylic acids is 1. The molecule has 0 spiro atoms. The van der Waals surface area contributed by atoms with E-state index in [1.54, 1.807) is 0 Å². The number of para-hydroxylation sites is 1. The first kappa shape index (κ1) is 18.3. The van der Waals surface area contributed by atoms with Gasteiger partial charge in [-0.25, -0.2) is 4.98 Å². The number of rotatable bonds is 5. The standard InChI is InChI=1S/C23H17N3O3S/c27-20(10-15-11-24-18-9-5-4-8-16(15)18)29-12-19-25-22(28)21-17(13-30-23(21)26-19)14-6-2-1-3-7-14/h1-9,11,13,24H,10,12H2,(H,25,26,28). The summed E-state index contributed by atoms with van der Waals surface area (Å²) in [4.78, 5) is 36.0. The van der Waals surface area contributed by atoms with Crippen LogP contribution in [-0.4, -0.2) is 20.9 Å². The molecule has 5 aromatic rings. The van der Waals surface area contributed by atoms with E-state index in [2.05, 4.69) is 15.0 Å². The van der Waals surface area contributed by atoms with Crippen molar-refractivity contribution in [1.82, 2.24) is 15.0 Å². The zero-order chi connectivity index (χ0) is 20.5. The smallest absolute Gasteiger partial charge is 0.310 e. The number of nitrogens with zero attached hydrogens (tertiary/aromatic N) is 1. The monoisotopic (exact) mass is 415 g/mol. The molecular formula is C23H17N3O3S. The van der Waals surface area contributed by atoms with Gasteiger partial charge < -0.3 is 14.7 Å². The maximum absolute atomic E-state index is 12.7. The highest BCUT2D eigenvalue weighted by Gasteiger charge is 2.14. The number of fused-ring (bicyclic) bond motifs is 2. The Hall–Kier alpha value is -3.71. The van der Waals surface area contributed by atoms with Gasteiger partial charge in [0.25, 0.3) is 5.56 Å². The van der Waals surface area contributed by atoms with Gasteiger partial charge in [0.1, 0.15) is 17.3 Å². The number of aromatic nitrogens is 3. The largest absolute Gasteiger partial charge is 0.457 e. The van der Waals surface area contributed by atoms with Crippen molar-refractivity contribution in [1.29, 1.82) is 0 Å². The highest BCUT2D eigenvalue weighted by molar-refractivity contribution is 7.17. The Balaban J connectivity index is 1.33. The molecule has 3 heterocycles. The average Bonchev–Trinajstić information content (AvgIpc) is 3.38. The van der Waals surface area contributed by atoms with Crippen molar-refractivity contribution in [2.75, 3.05) is 0 Å². The molecule has 7 heteroatoms. The Morgan fingerprint density at radius 2 is 1.87 bits per heavy atom. The van der Waals surface area contributed by atoms with Crippen LogP contribution in [0.2, 0.25) is 0 Å². The zero-order valence-electron chi connectivity index (χ0n) is 15.8.